The Hall–Kier alpha value is -1.26. The van der Waals surface area contributed by atoms with Gasteiger partial charge in [0, 0.05) is 26.2 Å². The Kier molecular flexibility index (Phi) is 4.67. The number of piperidine rings is 1. The molecule has 140 valence electrons. The zero-order valence-electron chi connectivity index (χ0n) is 15.7. The van der Waals surface area contributed by atoms with Gasteiger partial charge in [0.1, 0.15) is 0 Å². The number of ether oxygens (including phenoxy) is 1. The van der Waals surface area contributed by atoms with Crippen LogP contribution < -0.4 is 0 Å². The van der Waals surface area contributed by atoms with Crippen LogP contribution in [0, 0.1) is 29.6 Å². The van der Waals surface area contributed by atoms with Crippen LogP contribution in [-0.4, -0.2) is 54.6 Å². The predicted octanol–water partition coefficient (Wildman–Crippen LogP) is 3.14. The number of likely N-dealkylation sites (tertiary alicyclic amines) is 1. The monoisotopic (exact) mass is 348 g/mol. The SMILES string of the molecule is CCOC(=O)N1CCCC(C(=O)N(C)C2C3CC4CC(C3)CC2C4)C1. The van der Waals surface area contributed by atoms with E-state index >= 15 is 0 Å². The van der Waals surface area contributed by atoms with Crippen LogP contribution in [0.25, 0.3) is 0 Å². The molecule has 1 unspecified atom stereocenters. The van der Waals surface area contributed by atoms with E-state index in [0.29, 0.717) is 25.7 Å². The second kappa shape index (κ2) is 6.81. The quantitative estimate of drug-likeness (QED) is 0.787. The lowest BCUT2D eigenvalue weighted by Gasteiger charge is -2.57. The fourth-order valence-electron chi connectivity index (χ4n) is 6.52. The van der Waals surface area contributed by atoms with Crippen molar-refractivity contribution < 1.29 is 14.3 Å². The normalized spacial score (nSPS) is 39.4. The van der Waals surface area contributed by atoms with Gasteiger partial charge in [-0.05, 0) is 75.5 Å². The van der Waals surface area contributed by atoms with Gasteiger partial charge in [0.2, 0.25) is 5.91 Å². The fourth-order valence-corrected chi connectivity index (χ4v) is 6.52. The third-order valence-electron chi connectivity index (χ3n) is 7.27. The van der Waals surface area contributed by atoms with E-state index in [4.69, 9.17) is 4.74 Å². The molecule has 4 saturated carbocycles. The number of nitrogens with zero attached hydrogens (tertiary/aromatic N) is 2. The number of hydrogen-bond donors (Lipinski definition) is 0. The van der Waals surface area contributed by atoms with E-state index in [0.717, 1.165) is 36.5 Å². The summed E-state index contributed by atoms with van der Waals surface area (Å²) in [5, 5.41) is 0. The lowest BCUT2D eigenvalue weighted by molar-refractivity contribution is -0.146. The van der Waals surface area contributed by atoms with Crippen LogP contribution in [0.3, 0.4) is 0 Å². The second-order valence-corrected chi connectivity index (χ2v) is 8.85. The first kappa shape index (κ1) is 17.2. The van der Waals surface area contributed by atoms with Gasteiger partial charge in [-0.25, -0.2) is 4.79 Å². The zero-order valence-corrected chi connectivity index (χ0v) is 15.7. The summed E-state index contributed by atoms with van der Waals surface area (Å²) in [5.74, 6) is 3.49. The summed E-state index contributed by atoms with van der Waals surface area (Å²) in [7, 11) is 2.03. The van der Waals surface area contributed by atoms with Crippen molar-refractivity contribution in [2.24, 2.45) is 29.6 Å². The molecule has 0 spiro atoms. The second-order valence-electron chi connectivity index (χ2n) is 8.85. The van der Waals surface area contributed by atoms with Crippen molar-refractivity contribution >= 4 is 12.0 Å². The topological polar surface area (TPSA) is 49.9 Å². The van der Waals surface area contributed by atoms with Gasteiger partial charge in [-0.1, -0.05) is 0 Å². The van der Waals surface area contributed by atoms with Crippen molar-refractivity contribution in [3.63, 3.8) is 0 Å². The third kappa shape index (κ3) is 3.15. The molecule has 0 radical (unpaired) electrons. The largest absolute Gasteiger partial charge is 0.450 e. The Morgan fingerprint density at radius 2 is 1.72 bits per heavy atom. The maximum absolute atomic E-state index is 13.2. The number of amides is 2. The number of rotatable bonds is 3. The fraction of sp³-hybridized carbons (Fsp3) is 0.900. The van der Waals surface area contributed by atoms with E-state index in [2.05, 4.69) is 4.90 Å². The first-order chi connectivity index (χ1) is 12.1. The molecule has 4 bridgehead atoms. The molecule has 1 atom stereocenters. The molecule has 0 N–H and O–H groups in total. The molecule has 5 nitrogen and oxygen atoms in total. The first-order valence-electron chi connectivity index (χ1n) is 10.2. The summed E-state index contributed by atoms with van der Waals surface area (Å²) in [4.78, 5) is 29.0. The Bertz CT molecular complexity index is 507. The maximum atomic E-state index is 13.2. The average molecular weight is 348 g/mol. The molecule has 0 aromatic rings. The van der Waals surface area contributed by atoms with Gasteiger partial charge in [0.15, 0.2) is 0 Å². The molecule has 1 aliphatic heterocycles. The summed E-state index contributed by atoms with van der Waals surface area (Å²) >= 11 is 0. The van der Waals surface area contributed by atoms with E-state index in [9.17, 15) is 9.59 Å². The molecule has 1 heterocycles. The molecular formula is C20H32N2O3. The van der Waals surface area contributed by atoms with Gasteiger partial charge < -0.3 is 14.5 Å². The standard InChI is InChI=1S/C20H32N2O3/c1-3-25-20(24)22-6-4-5-15(12-22)19(23)21(2)18-16-8-13-7-14(10-16)11-17(18)9-13/h13-18H,3-12H2,1-2H3. The van der Waals surface area contributed by atoms with Crippen molar-refractivity contribution in [2.75, 3.05) is 26.7 Å². The summed E-state index contributed by atoms with van der Waals surface area (Å²) in [6.07, 6.45) is 8.27. The zero-order chi connectivity index (χ0) is 17.6. The van der Waals surface area contributed by atoms with Crippen LogP contribution in [-0.2, 0) is 9.53 Å². The van der Waals surface area contributed by atoms with Crippen molar-refractivity contribution in [1.29, 1.82) is 0 Å². The third-order valence-corrected chi connectivity index (χ3v) is 7.27. The van der Waals surface area contributed by atoms with Gasteiger partial charge in [0.25, 0.3) is 0 Å². The van der Waals surface area contributed by atoms with Crippen LogP contribution in [0.15, 0.2) is 0 Å². The van der Waals surface area contributed by atoms with Crippen molar-refractivity contribution in [3.8, 4) is 0 Å². The highest BCUT2D eigenvalue weighted by Gasteiger charge is 2.50. The molecule has 5 rings (SSSR count). The first-order valence-corrected chi connectivity index (χ1v) is 10.2. The average Bonchev–Trinajstić information content (AvgIpc) is 2.60. The molecule has 5 aliphatic rings. The molecule has 0 aromatic carbocycles. The van der Waals surface area contributed by atoms with Crippen LogP contribution in [0.5, 0.6) is 0 Å². The summed E-state index contributed by atoms with van der Waals surface area (Å²) in [6, 6.07) is 0.443. The Labute approximate surface area is 151 Å². The molecule has 5 heteroatoms. The highest BCUT2D eigenvalue weighted by molar-refractivity contribution is 5.80. The lowest BCUT2D eigenvalue weighted by Crippen LogP contribution is -2.58. The lowest BCUT2D eigenvalue weighted by atomic mass is 9.54. The van der Waals surface area contributed by atoms with Gasteiger partial charge in [-0.3, -0.25) is 4.79 Å². The summed E-state index contributed by atoms with van der Waals surface area (Å²) in [5.41, 5.74) is 0. The predicted molar refractivity (Wildman–Crippen MR) is 94.9 cm³/mol. The highest BCUT2D eigenvalue weighted by Crippen LogP contribution is 2.55. The molecule has 4 aliphatic carbocycles. The van der Waals surface area contributed by atoms with Crippen LogP contribution in [0.2, 0.25) is 0 Å². The van der Waals surface area contributed by atoms with E-state index in [1.165, 1.54) is 32.1 Å². The minimum atomic E-state index is -0.266. The van der Waals surface area contributed by atoms with E-state index < -0.39 is 0 Å². The highest BCUT2D eigenvalue weighted by atomic mass is 16.6. The van der Waals surface area contributed by atoms with Gasteiger partial charge in [0.05, 0.1) is 12.5 Å². The van der Waals surface area contributed by atoms with Crippen molar-refractivity contribution in [1.82, 2.24) is 9.80 Å². The molecule has 5 fully saturated rings. The molecular weight excluding hydrogens is 316 g/mol. The van der Waals surface area contributed by atoms with Crippen molar-refractivity contribution in [3.05, 3.63) is 0 Å². The Morgan fingerprint density at radius 1 is 1.08 bits per heavy atom. The summed E-state index contributed by atoms with van der Waals surface area (Å²) < 4.78 is 5.13. The van der Waals surface area contributed by atoms with Crippen LogP contribution >= 0.6 is 0 Å². The number of carbonyl (C=O) groups excluding carboxylic acids is 2. The molecule has 25 heavy (non-hydrogen) atoms. The molecule has 2 amide bonds. The van der Waals surface area contributed by atoms with Gasteiger partial charge in [-0.2, -0.15) is 0 Å². The van der Waals surface area contributed by atoms with Crippen LogP contribution in [0.1, 0.15) is 51.9 Å². The molecule has 1 saturated heterocycles. The number of hydrogen-bond acceptors (Lipinski definition) is 3. The van der Waals surface area contributed by atoms with Crippen LogP contribution in [0.4, 0.5) is 4.79 Å². The van der Waals surface area contributed by atoms with E-state index in [1.807, 2.05) is 14.0 Å². The van der Waals surface area contributed by atoms with Crippen molar-refractivity contribution in [2.45, 2.75) is 57.9 Å². The Balaban J connectivity index is 1.41. The van der Waals surface area contributed by atoms with E-state index in [-0.39, 0.29) is 17.9 Å². The Morgan fingerprint density at radius 3 is 2.32 bits per heavy atom. The maximum Gasteiger partial charge on any atom is 0.409 e. The van der Waals surface area contributed by atoms with Gasteiger partial charge in [-0.15, -0.1) is 0 Å². The minimum Gasteiger partial charge on any atom is -0.450 e. The molecule has 0 aromatic heterocycles. The summed E-state index contributed by atoms with van der Waals surface area (Å²) in [6.45, 7) is 3.45. The minimum absolute atomic E-state index is 0.0552. The number of carbonyl (C=O) groups is 2. The van der Waals surface area contributed by atoms with Gasteiger partial charge >= 0.3 is 6.09 Å². The smallest absolute Gasteiger partial charge is 0.409 e. The van der Waals surface area contributed by atoms with E-state index in [1.54, 1.807) is 4.90 Å².